The van der Waals surface area contributed by atoms with Crippen molar-refractivity contribution in [2.45, 2.75) is 26.7 Å². The van der Waals surface area contributed by atoms with Crippen molar-refractivity contribution in [3.05, 3.63) is 76.5 Å². The standard InChI is InChI=1S/C20H19NO2/c1-14-8-9-15(2)17(12-14)13-18-20(22)23-19(21-18)11-10-16-6-4-3-5-7-16/h3-9,12-13H,10-11H2,1-2H3/b18-13+. The van der Waals surface area contributed by atoms with Crippen LogP contribution in [0.15, 0.2) is 59.2 Å². The third-order valence-electron chi connectivity index (χ3n) is 3.86. The van der Waals surface area contributed by atoms with Gasteiger partial charge in [-0.25, -0.2) is 9.79 Å². The van der Waals surface area contributed by atoms with E-state index >= 15 is 0 Å². The topological polar surface area (TPSA) is 38.7 Å². The molecule has 116 valence electrons. The highest BCUT2D eigenvalue weighted by Crippen LogP contribution is 2.20. The fourth-order valence-corrected chi connectivity index (χ4v) is 2.52. The zero-order valence-corrected chi connectivity index (χ0v) is 13.4. The summed E-state index contributed by atoms with van der Waals surface area (Å²) in [6, 6.07) is 16.3. The molecule has 1 aliphatic rings. The van der Waals surface area contributed by atoms with E-state index in [2.05, 4.69) is 23.2 Å². The second kappa shape index (κ2) is 6.61. The summed E-state index contributed by atoms with van der Waals surface area (Å²) in [5.74, 6) is 0.129. The first kappa shape index (κ1) is 15.2. The Balaban J connectivity index is 1.76. The van der Waals surface area contributed by atoms with Gasteiger partial charge in [-0.1, -0.05) is 54.1 Å². The Morgan fingerprint density at radius 3 is 2.61 bits per heavy atom. The van der Waals surface area contributed by atoms with Crippen LogP contribution in [-0.4, -0.2) is 11.9 Å². The van der Waals surface area contributed by atoms with Gasteiger partial charge in [0.05, 0.1) is 0 Å². The van der Waals surface area contributed by atoms with Gasteiger partial charge < -0.3 is 4.74 Å². The maximum Gasteiger partial charge on any atom is 0.363 e. The van der Waals surface area contributed by atoms with Crippen LogP contribution in [0.5, 0.6) is 0 Å². The van der Waals surface area contributed by atoms with Crippen molar-refractivity contribution in [2.75, 3.05) is 0 Å². The number of nitrogens with zero attached hydrogens (tertiary/aromatic N) is 1. The first-order chi connectivity index (χ1) is 11.1. The van der Waals surface area contributed by atoms with Gasteiger partial charge in [0, 0.05) is 6.42 Å². The molecule has 3 rings (SSSR count). The number of esters is 1. The van der Waals surface area contributed by atoms with E-state index in [4.69, 9.17) is 4.74 Å². The average molecular weight is 305 g/mol. The minimum Gasteiger partial charge on any atom is -0.407 e. The van der Waals surface area contributed by atoms with Crippen LogP contribution in [0.2, 0.25) is 0 Å². The van der Waals surface area contributed by atoms with Crippen LogP contribution in [0, 0.1) is 13.8 Å². The Morgan fingerprint density at radius 2 is 1.83 bits per heavy atom. The van der Waals surface area contributed by atoms with Crippen LogP contribution >= 0.6 is 0 Å². The number of rotatable bonds is 4. The lowest BCUT2D eigenvalue weighted by Crippen LogP contribution is -2.05. The van der Waals surface area contributed by atoms with E-state index in [0.717, 1.165) is 23.1 Å². The van der Waals surface area contributed by atoms with E-state index in [0.29, 0.717) is 18.0 Å². The lowest BCUT2D eigenvalue weighted by atomic mass is 10.0. The average Bonchev–Trinajstić information content (AvgIpc) is 2.90. The summed E-state index contributed by atoms with van der Waals surface area (Å²) >= 11 is 0. The molecule has 1 aliphatic heterocycles. The molecular weight excluding hydrogens is 286 g/mol. The molecule has 0 spiro atoms. The van der Waals surface area contributed by atoms with Gasteiger partial charge in [0.2, 0.25) is 0 Å². The lowest BCUT2D eigenvalue weighted by Gasteiger charge is -2.01. The smallest absolute Gasteiger partial charge is 0.363 e. The summed E-state index contributed by atoms with van der Waals surface area (Å²) in [6.45, 7) is 4.05. The monoisotopic (exact) mass is 305 g/mol. The molecule has 0 saturated heterocycles. The van der Waals surface area contributed by atoms with Crippen molar-refractivity contribution in [3.8, 4) is 0 Å². The van der Waals surface area contributed by atoms with Gasteiger partial charge in [0.15, 0.2) is 11.6 Å². The number of aryl methyl sites for hydroxylation is 3. The highest BCUT2D eigenvalue weighted by molar-refractivity contribution is 6.07. The number of hydrogen-bond acceptors (Lipinski definition) is 3. The van der Waals surface area contributed by atoms with Crippen LogP contribution in [0.1, 0.15) is 28.7 Å². The summed E-state index contributed by atoms with van der Waals surface area (Å²) < 4.78 is 5.28. The molecule has 3 heteroatoms. The van der Waals surface area contributed by atoms with E-state index in [1.807, 2.05) is 44.2 Å². The summed E-state index contributed by atoms with van der Waals surface area (Å²) in [4.78, 5) is 16.3. The third kappa shape index (κ3) is 3.75. The minimum atomic E-state index is -0.367. The fourth-order valence-electron chi connectivity index (χ4n) is 2.52. The highest BCUT2D eigenvalue weighted by atomic mass is 16.6. The second-order valence-corrected chi connectivity index (χ2v) is 5.77. The van der Waals surface area contributed by atoms with Gasteiger partial charge in [0.25, 0.3) is 0 Å². The van der Waals surface area contributed by atoms with Gasteiger partial charge in [-0.3, -0.25) is 0 Å². The van der Waals surface area contributed by atoms with Crippen LogP contribution in [0.4, 0.5) is 0 Å². The van der Waals surface area contributed by atoms with E-state index in [-0.39, 0.29) is 5.97 Å². The molecule has 0 radical (unpaired) electrons. The highest BCUT2D eigenvalue weighted by Gasteiger charge is 2.22. The first-order valence-corrected chi connectivity index (χ1v) is 7.74. The van der Waals surface area contributed by atoms with Crippen molar-refractivity contribution in [2.24, 2.45) is 4.99 Å². The molecule has 0 N–H and O–H groups in total. The quantitative estimate of drug-likeness (QED) is 0.626. The van der Waals surface area contributed by atoms with Gasteiger partial charge in [0.1, 0.15) is 0 Å². The molecule has 0 aromatic heterocycles. The normalized spacial score (nSPS) is 15.7. The number of hydrogen-bond donors (Lipinski definition) is 0. The number of ether oxygens (including phenoxy) is 1. The summed E-state index contributed by atoms with van der Waals surface area (Å²) in [6.07, 6.45) is 3.24. The second-order valence-electron chi connectivity index (χ2n) is 5.77. The Bertz CT molecular complexity index is 789. The number of carbonyl (C=O) groups excluding carboxylic acids is 1. The van der Waals surface area contributed by atoms with Crippen molar-refractivity contribution in [3.63, 3.8) is 0 Å². The molecule has 0 amide bonds. The lowest BCUT2D eigenvalue weighted by molar-refractivity contribution is -0.130. The molecule has 0 unspecified atom stereocenters. The van der Waals surface area contributed by atoms with Crippen molar-refractivity contribution < 1.29 is 9.53 Å². The molecule has 0 atom stereocenters. The predicted octanol–water partition coefficient (Wildman–Crippen LogP) is 4.23. The maximum absolute atomic E-state index is 12.0. The number of aliphatic imine (C=N–C) groups is 1. The third-order valence-corrected chi connectivity index (χ3v) is 3.86. The van der Waals surface area contributed by atoms with Crippen molar-refractivity contribution >= 4 is 17.9 Å². The molecule has 23 heavy (non-hydrogen) atoms. The van der Waals surface area contributed by atoms with E-state index in [1.165, 1.54) is 5.56 Å². The molecule has 0 saturated carbocycles. The van der Waals surface area contributed by atoms with Gasteiger partial charge in [-0.15, -0.1) is 0 Å². The van der Waals surface area contributed by atoms with Crippen LogP contribution in [-0.2, 0) is 16.0 Å². The SMILES string of the molecule is Cc1ccc(C)c(/C=C2/N=C(CCc3ccccc3)OC2=O)c1. The largest absolute Gasteiger partial charge is 0.407 e. The minimum absolute atomic E-state index is 0.367. The number of benzene rings is 2. The van der Waals surface area contributed by atoms with Crippen LogP contribution < -0.4 is 0 Å². The molecule has 0 bridgehead atoms. The molecule has 2 aromatic rings. The number of carbonyl (C=O) groups is 1. The fraction of sp³-hybridized carbons (Fsp3) is 0.200. The molecular formula is C20H19NO2. The van der Waals surface area contributed by atoms with E-state index in [9.17, 15) is 4.79 Å². The zero-order chi connectivity index (χ0) is 16.2. The predicted molar refractivity (Wildman–Crippen MR) is 92.2 cm³/mol. The summed E-state index contributed by atoms with van der Waals surface area (Å²) in [5, 5.41) is 0. The molecule has 1 heterocycles. The molecule has 0 fully saturated rings. The van der Waals surface area contributed by atoms with Crippen LogP contribution in [0.3, 0.4) is 0 Å². The van der Waals surface area contributed by atoms with E-state index < -0.39 is 0 Å². The Labute approximate surface area is 136 Å². The molecule has 0 aliphatic carbocycles. The van der Waals surface area contributed by atoms with Gasteiger partial charge >= 0.3 is 5.97 Å². The van der Waals surface area contributed by atoms with Gasteiger partial charge in [-0.05, 0) is 43.0 Å². The number of cyclic esters (lactones) is 1. The van der Waals surface area contributed by atoms with Crippen molar-refractivity contribution in [1.29, 1.82) is 0 Å². The van der Waals surface area contributed by atoms with Crippen LogP contribution in [0.25, 0.3) is 6.08 Å². The van der Waals surface area contributed by atoms with Gasteiger partial charge in [-0.2, -0.15) is 0 Å². The first-order valence-electron chi connectivity index (χ1n) is 7.74. The van der Waals surface area contributed by atoms with Crippen molar-refractivity contribution in [1.82, 2.24) is 0 Å². The maximum atomic E-state index is 12.0. The Morgan fingerprint density at radius 1 is 1.04 bits per heavy atom. The molecule has 2 aromatic carbocycles. The Kier molecular flexibility index (Phi) is 4.38. The summed E-state index contributed by atoms with van der Waals surface area (Å²) in [7, 11) is 0. The summed E-state index contributed by atoms with van der Waals surface area (Å²) in [5.41, 5.74) is 4.86. The zero-order valence-electron chi connectivity index (χ0n) is 13.4. The van der Waals surface area contributed by atoms with E-state index in [1.54, 1.807) is 6.08 Å². The molecule has 3 nitrogen and oxygen atoms in total. The Hall–Kier alpha value is -2.68.